The molecule has 1 atom stereocenters. The van der Waals surface area contributed by atoms with Gasteiger partial charge >= 0.3 is 0 Å². The molecule has 1 amide bonds. The molecule has 0 N–H and O–H groups in total. The average molecular weight is 314 g/mol. The molecule has 2 aliphatic heterocycles. The Morgan fingerprint density at radius 2 is 2.18 bits per heavy atom. The lowest BCUT2D eigenvalue weighted by Crippen LogP contribution is -2.43. The molecular formula is C16H18N4OS. The van der Waals surface area contributed by atoms with Gasteiger partial charge in [-0.1, -0.05) is 25.1 Å². The summed E-state index contributed by atoms with van der Waals surface area (Å²) in [6, 6.07) is 8.31. The van der Waals surface area contributed by atoms with Crippen molar-refractivity contribution in [3.05, 3.63) is 41.5 Å². The molecule has 0 saturated heterocycles. The summed E-state index contributed by atoms with van der Waals surface area (Å²) in [6.45, 7) is 4.23. The molecule has 0 spiro atoms. The predicted octanol–water partition coefficient (Wildman–Crippen LogP) is 1.90. The Morgan fingerprint density at radius 3 is 3.00 bits per heavy atom. The molecule has 2 aliphatic rings. The van der Waals surface area contributed by atoms with Gasteiger partial charge in [0.2, 0.25) is 5.91 Å². The van der Waals surface area contributed by atoms with Crippen LogP contribution in [0.5, 0.6) is 0 Å². The van der Waals surface area contributed by atoms with Gasteiger partial charge in [-0.2, -0.15) is 0 Å². The van der Waals surface area contributed by atoms with E-state index < -0.39 is 0 Å². The van der Waals surface area contributed by atoms with Crippen LogP contribution in [0.25, 0.3) is 0 Å². The zero-order valence-electron chi connectivity index (χ0n) is 12.5. The van der Waals surface area contributed by atoms with Crippen molar-refractivity contribution in [2.75, 3.05) is 6.54 Å². The van der Waals surface area contributed by atoms with E-state index in [0.29, 0.717) is 6.54 Å². The minimum atomic E-state index is 0.0116. The van der Waals surface area contributed by atoms with Crippen molar-refractivity contribution in [2.24, 2.45) is 0 Å². The molecule has 1 aromatic heterocycles. The van der Waals surface area contributed by atoms with Crippen molar-refractivity contribution in [1.29, 1.82) is 0 Å². The van der Waals surface area contributed by atoms with Gasteiger partial charge in [-0.3, -0.25) is 4.79 Å². The lowest BCUT2D eigenvalue weighted by atomic mass is 10.1. The van der Waals surface area contributed by atoms with Gasteiger partial charge in [-0.25, -0.2) is 0 Å². The number of aryl methyl sites for hydroxylation is 1. The number of rotatable bonds is 2. The van der Waals surface area contributed by atoms with E-state index in [1.54, 1.807) is 11.8 Å². The zero-order valence-corrected chi connectivity index (χ0v) is 13.3. The third-order valence-electron chi connectivity index (χ3n) is 4.38. The second-order valence-corrected chi connectivity index (χ2v) is 6.96. The number of fused-ring (bicyclic) bond motifs is 2. The maximum absolute atomic E-state index is 12.8. The first-order valence-electron chi connectivity index (χ1n) is 7.70. The molecule has 0 radical (unpaired) electrons. The molecule has 3 heterocycles. The van der Waals surface area contributed by atoms with Crippen LogP contribution >= 0.6 is 11.8 Å². The minimum Gasteiger partial charge on any atom is -0.332 e. The maximum atomic E-state index is 12.8. The number of thioether (sulfide) groups is 1. The molecule has 5 nitrogen and oxygen atoms in total. The fraction of sp³-hybridized carbons (Fsp3) is 0.438. The number of carbonyl (C=O) groups excluding carboxylic acids is 1. The van der Waals surface area contributed by atoms with Crippen LogP contribution < -0.4 is 0 Å². The molecule has 4 rings (SSSR count). The summed E-state index contributed by atoms with van der Waals surface area (Å²) < 4.78 is 2.15. The highest BCUT2D eigenvalue weighted by molar-refractivity contribution is 8.01. The summed E-state index contributed by atoms with van der Waals surface area (Å²) >= 11 is 1.69. The summed E-state index contributed by atoms with van der Waals surface area (Å²) in [5.74, 6) is 2.16. The zero-order chi connectivity index (χ0) is 15.1. The summed E-state index contributed by atoms with van der Waals surface area (Å²) in [4.78, 5) is 16.0. The van der Waals surface area contributed by atoms with E-state index in [0.717, 1.165) is 37.6 Å². The Balaban J connectivity index is 1.49. The first-order valence-corrected chi connectivity index (χ1v) is 8.58. The molecule has 1 aromatic carbocycles. The summed E-state index contributed by atoms with van der Waals surface area (Å²) in [5.41, 5.74) is 1.29. The smallest absolute Gasteiger partial charge is 0.236 e. The average Bonchev–Trinajstić information content (AvgIpc) is 3.17. The van der Waals surface area contributed by atoms with Crippen LogP contribution in [0, 0.1) is 0 Å². The van der Waals surface area contributed by atoms with Crippen molar-refractivity contribution < 1.29 is 4.79 Å². The largest absolute Gasteiger partial charge is 0.332 e. The normalized spacial score (nSPS) is 19.9. The van der Waals surface area contributed by atoms with E-state index in [1.165, 1.54) is 10.5 Å². The van der Waals surface area contributed by atoms with Gasteiger partial charge in [0.05, 0.1) is 11.8 Å². The van der Waals surface area contributed by atoms with Gasteiger partial charge in [0.15, 0.2) is 5.82 Å². The second kappa shape index (κ2) is 5.43. The van der Waals surface area contributed by atoms with Gasteiger partial charge in [0.25, 0.3) is 0 Å². The molecule has 0 fully saturated rings. The quantitative estimate of drug-likeness (QED) is 0.849. The van der Waals surface area contributed by atoms with Crippen LogP contribution in [0.15, 0.2) is 29.2 Å². The third kappa shape index (κ3) is 2.22. The first kappa shape index (κ1) is 13.8. The molecule has 0 aliphatic carbocycles. The van der Waals surface area contributed by atoms with Crippen LogP contribution in [0.4, 0.5) is 0 Å². The highest BCUT2D eigenvalue weighted by Crippen LogP contribution is 2.37. The van der Waals surface area contributed by atoms with E-state index in [9.17, 15) is 4.79 Å². The number of benzene rings is 1. The van der Waals surface area contributed by atoms with Gasteiger partial charge < -0.3 is 9.47 Å². The maximum Gasteiger partial charge on any atom is 0.236 e. The van der Waals surface area contributed by atoms with Crippen LogP contribution in [0.3, 0.4) is 0 Å². The molecular weight excluding hydrogens is 296 g/mol. The van der Waals surface area contributed by atoms with E-state index in [2.05, 4.69) is 33.8 Å². The van der Waals surface area contributed by atoms with Gasteiger partial charge in [0.1, 0.15) is 5.82 Å². The van der Waals surface area contributed by atoms with Crippen LogP contribution in [-0.4, -0.2) is 37.4 Å². The van der Waals surface area contributed by atoms with Crippen molar-refractivity contribution in [3.8, 4) is 0 Å². The predicted molar refractivity (Wildman–Crippen MR) is 84.6 cm³/mol. The van der Waals surface area contributed by atoms with Crippen molar-refractivity contribution in [3.63, 3.8) is 0 Å². The van der Waals surface area contributed by atoms with Gasteiger partial charge in [0, 0.05) is 24.4 Å². The molecule has 114 valence electrons. The van der Waals surface area contributed by atoms with Gasteiger partial charge in [-0.15, -0.1) is 22.0 Å². The number of aromatic nitrogens is 3. The molecule has 0 saturated carbocycles. The Hall–Kier alpha value is -1.82. The van der Waals surface area contributed by atoms with E-state index in [-0.39, 0.29) is 11.2 Å². The van der Waals surface area contributed by atoms with Crippen LogP contribution in [0.2, 0.25) is 0 Å². The Morgan fingerprint density at radius 1 is 1.32 bits per heavy atom. The summed E-state index contributed by atoms with van der Waals surface area (Å²) in [5, 5.41) is 8.46. The fourth-order valence-electron chi connectivity index (χ4n) is 3.19. The van der Waals surface area contributed by atoms with Crippen molar-refractivity contribution in [2.45, 2.75) is 43.0 Å². The number of hydrogen-bond donors (Lipinski definition) is 0. The first-order chi connectivity index (χ1) is 10.8. The van der Waals surface area contributed by atoms with Crippen LogP contribution in [-0.2, 0) is 30.7 Å². The Bertz CT molecular complexity index is 702. The third-order valence-corrected chi connectivity index (χ3v) is 5.69. The van der Waals surface area contributed by atoms with E-state index >= 15 is 0 Å². The van der Waals surface area contributed by atoms with E-state index in [1.807, 2.05) is 17.0 Å². The molecule has 2 aromatic rings. The molecule has 6 heteroatoms. The second-order valence-electron chi connectivity index (χ2n) is 5.72. The lowest BCUT2D eigenvalue weighted by molar-refractivity contribution is -0.132. The SMILES string of the molecule is CCc1nnc2n1CCN(C(=O)[C@H]1Cc3ccccc3S1)C2. The molecule has 0 unspecified atom stereocenters. The van der Waals surface area contributed by atoms with E-state index in [4.69, 9.17) is 0 Å². The Labute approximate surface area is 133 Å². The number of hydrogen-bond acceptors (Lipinski definition) is 4. The number of carbonyl (C=O) groups is 1. The highest BCUT2D eigenvalue weighted by atomic mass is 32.2. The van der Waals surface area contributed by atoms with Crippen molar-refractivity contribution in [1.82, 2.24) is 19.7 Å². The van der Waals surface area contributed by atoms with Gasteiger partial charge in [-0.05, 0) is 18.1 Å². The van der Waals surface area contributed by atoms with Crippen molar-refractivity contribution >= 4 is 17.7 Å². The minimum absolute atomic E-state index is 0.0116. The summed E-state index contributed by atoms with van der Waals surface area (Å²) in [7, 11) is 0. The molecule has 22 heavy (non-hydrogen) atoms. The summed E-state index contributed by atoms with van der Waals surface area (Å²) in [6.07, 6.45) is 1.72. The fourth-order valence-corrected chi connectivity index (χ4v) is 4.47. The number of nitrogens with zero attached hydrogens (tertiary/aromatic N) is 4. The lowest BCUT2D eigenvalue weighted by Gasteiger charge is -2.29. The number of amides is 1. The standard InChI is InChI=1S/C16H18N4OS/c1-2-14-17-18-15-10-19(7-8-20(14)15)16(21)13-9-11-5-3-4-6-12(11)22-13/h3-6,13H,2,7-10H2,1H3/t13-/m1/s1. The van der Waals surface area contributed by atoms with Crippen LogP contribution in [0.1, 0.15) is 24.1 Å². The monoisotopic (exact) mass is 314 g/mol. The molecule has 0 bridgehead atoms. The topological polar surface area (TPSA) is 51.0 Å². The Kier molecular flexibility index (Phi) is 3.41. The highest BCUT2D eigenvalue weighted by Gasteiger charge is 2.33.